The molecule has 0 unspecified atom stereocenters. The summed E-state index contributed by atoms with van der Waals surface area (Å²) in [6, 6.07) is 0.922. The van der Waals surface area contributed by atoms with Crippen LogP contribution < -0.4 is 11.1 Å². The molecule has 0 spiro atoms. The minimum absolute atomic E-state index is 0. The number of nitrogens with one attached hydrogen (secondary N) is 1. The van der Waals surface area contributed by atoms with Crippen molar-refractivity contribution in [3.05, 3.63) is 0 Å². The minimum Gasteiger partial charge on any atom is -0.370 e. The van der Waals surface area contributed by atoms with E-state index in [-0.39, 0.29) is 24.0 Å². The summed E-state index contributed by atoms with van der Waals surface area (Å²) in [4.78, 5) is 6.64. The second kappa shape index (κ2) is 10.1. The van der Waals surface area contributed by atoms with Gasteiger partial charge in [0.1, 0.15) is 0 Å². The van der Waals surface area contributed by atoms with Gasteiger partial charge in [-0.05, 0) is 34.2 Å². The van der Waals surface area contributed by atoms with Gasteiger partial charge in [-0.15, -0.1) is 24.0 Å². The molecule has 0 aliphatic carbocycles. The first-order valence-corrected chi connectivity index (χ1v) is 5.77. The largest absolute Gasteiger partial charge is 0.370 e. The Balaban J connectivity index is 0. The smallest absolute Gasteiger partial charge is 0.188 e. The summed E-state index contributed by atoms with van der Waals surface area (Å²) in [6.07, 6.45) is 0. The molecule has 0 aromatic heterocycles. The van der Waals surface area contributed by atoms with Crippen molar-refractivity contribution in [3.8, 4) is 0 Å². The van der Waals surface area contributed by atoms with Gasteiger partial charge in [-0.2, -0.15) is 0 Å². The third kappa shape index (κ3) is 9.21. The maximum Gasteiger partial charge on any atom is 0.188 e. The third-order valence-electron chi connectivity index (χ3n) is 2.24. The number of guanidine groups is 1. The van der Waals surface area contributed by atoms with Gasteiger partial charge in [0.2, 0.25) is 0 Å². The molecule has 0 amide bonds. The summed E-state index contributed by atoms with van der Waals surface area (Å²) in [7, 11) is 0. The first-order chi connectivity index (χ1) is 6.97. The van der Waals surface area contributed by atoms with E-state index >= 15 is 0 Å². The van der Waals surface area contributed by atoms with Crippen LogP contribution in [-0.2, 0) is 0 Å². The molecule has 98 valence electrons. The fourth-order valence-electron chi connectivity index (χ4n) is 1.42. The molecule has 0 atom stereocenters. The van der Waals surface area contributed by atoms with Gasteiger partial charge >= 0.3 is 0 Å². The van der Waals surface area contributed by atoms with Crippen LogP contribution in [0.5, 0.6) is 0 Å². The van der Waals surface area contributed by atoms with Gasteiger partial charge in [-0.25, -0.2) is 0 Å². The van der Waals surface area contributed by atoms with Crippen molar-refractivity contribution in [3.63, 3.8) is 0 Å². The van der Waals surface area contributed by atoms with Crippen LogP contribution in [0, 0.1) is 0 Å². The predicted octanol–water partition coefficient (Wildman–Crippen LogP) is 1.65. The standard InChI is InChI=1S/C11H26N4.HI/c1-6-15(10(4)5)8-7-13-11(12)14-9(2)3;/h9-10H,6-8H2,1-5H3,(H3,12,13,14);1H. The van der Waals surface area contributed by atoms with E-state index in [1.807, 2.05) is 0 Å². The molecule has 0 aliphatic heterocycles. The van der Waals surface area contributed by atoms with Gasteiger partial charge in [0, 0.05) is 18.6 Å². The molecule has 0 rings (SSSR count). The average molecular weight is 342 g/mol. The van der Waals surface area contributed by atoms with E-state index < -0.39 is 0 Å². The second-order valence-corrected chi connectivity index (χ2v) is 4.29. The van der Waals surface area contributed by atoms with E-state index in [4.69, 9.17) is 5.73 Å². The Kier molecular flexibility index (Phi) is 11.6. The van der Waals surface area contributed by atoms with Crippen molar-refractivity contribution >= 4 is 29.9 Å². The molecule has 16 heavy (non-hydrogen) atoms. The normalized spacial score (nSPS) is 12.1. The number of nitrogens with two attached hydrogens (primary N) is 1. The van der Waals surface area contributed by atoms with Crippen molar-refractivity contribution in [1.29, 1.82) is 0 Å². The molecule has 0 aromatic carbocycles. The van der Waals surface area contributed by atoms with E-state index in [9.17, 15) is 0 Å². The third-order valence-corrected chi connectivity index (χ3v) is 2.24. The molecule has 5 heteroatoms. The highest BCUT2D eigenvalue weighted by atomic mass is 127. The van der Waals surface area contributed by atoms with E-state index in [1.54, 1.807) is 0 Å². The summed E-state index contributed by atoms with van der Waals surface area (Å²) >= 11 is 0. The lowest BCUT2D eigenvalue weighted by molar-refractivity contribution is 0.240. The average Bonchev–Trinajstić information content (AvgIpc) is 2.10. The predicted molar refractivity (Wildman–Crippen MR) is 82.6 cm³/mol. The number of aliphatic imine (C=N–C) groups is 1. The van der Waals surface area contributed by atoms with Crippen LogP contribution in [0.4, 0.5) is 0 Å². The van der Waals surface area contributed by atoms with Crippen LogP contribution in [0.1, 0.15) is 34.6 Å². The van der Waals surface area contributed by atoms with E-state index in [0.717, 1.165) is 19.6 Å². The zero-order valence-corrected chi connectivity index (χ0v) is 13.5. The molecule has 3 N–H and O–H groups in total. The molecule has 0 heterocycles. The van der Waals surface area contributed by atoms with Crippen LogP contribution >= 0.6 is 24.0 Å². The molecular weight excluding hydrogens is 315 g/mol. The highest BCUT2D eigenvalue weighted by molar-refractivity contribution is 14.0. The lowest BCUT2D eigenvalue weighted by Gasteiger charge is -2.23. The van der Waals surface area contributed by atoms with Crippen molar-refractivity contribution in [2.75, 3.05) is 19.6 Å². The van der Waals surface area contributed by atoms with Crippen molar-refractivity contribution < 1.29 is 0 Å². The maximum absolute atomic E-state index is 5.70. The fourth-order valence-corrected chi connectivity index (χ4v) is 1.42. The van der Waals surface area contributed by atoms with E-state index in [0.29, 0.717) is 18.0 Å². The lowest BCUT2D eigenvalue weighted by Crippen LogP contribution is -2.38. The molecule has 0 fully saturated rings. The first kappa shape index (κ1) is 18.3. The number of hydrogen-bond donors (Lipinski definition) is 2. The first-order valence-electron chi connectivity index (χ1n) is 5.77. The SMILES string of the molecule is CCN(CCN=C(N)NC(C)C)C(C)C.I. The number of nitrogens with zero attached hydrogens (tertiary/aromatic N) is 2. The lowest BCUT2D eigenvalue weighted by atomic mass is 10.3. The Hall–Kier alpha value is -0.0400. The monoisotopic (exact) mass is 342 g/mol. The summed E-state index contributed by atoms with van der Waals surface area (Å²) in [6.45, 7) is 13.5. The molecule has 0 saturated heterocycles. The van der Waals surface area contributed by atoms with Gasteiger partial charge in [-0.1, -0.05) is 6.92 Å². The highest BCUT2D eigenvalue weighted by Gasteiger charge is 2.05. The number of hydrogen-bond acceptors (Lipinski definition) is 2. The van der Waals surface area contributed by atoms with Gasteiger partial charge in [-0.3, -0.25) is 9.89 Å². The van der Waals surface area contributed by atoms with Gasteiger partial charge in [0.05, 0.1) is 6.54 Å². The Labute approximate surface area is 117 Å². The van der Waals surface area contributed by atoms with Gasteiger partial charge in [0.15, 0.2) is 5.96 Å². The number of halogens is 1. The molecule has 0 radical (unpaired) electrons. The molecule has 0 saturated carbocycles. The summed E-state index contributed by atoms with van der Waals surface area (Å²) in [5, 5.41) is 3.07. The number of rotatable bonds is 6. The van der Waals surface area contributed by atoms with Crippen molar-refractivity contribution in [1.82, 2.24) is 10.2 Å². The zero-order chi connectivity index (χ0) is 11.8. The summed E-state index contributed by atoms with van der Waals surface area (Å²) in [5.41, 5.74) is 5.70. The van der Waals surface area contributed by atoms with E-state index in [2.05, 4.69) is 49.8 Å². The van der Waals surface area contributed by atoms with Crippen LogP contribution in [0.3, 0.4) is 0 Å². The van der Waals surface area contributed by atoms with Crippen LogP contribution in [-0.4, -0.2) is 42.6 Å². The Morgan fingerprint density at radius 2 is 1.88 bits per heavy atom. The molecule has 0 aliphatic rings. The van der Waals surface area contributed by atoms with Crippen LogP contribution in [0.25, 0.3) is 0 Å². The van der Waals surface area contributed by atoms with E-state index in [1.165, 1.54) is 0 Å². The van der Waals surface area contributed by atoms with Crippen LogP contribution in [0.15, 0.2) is 4.99 Å². The highest BCUT2D eigenvalue weighted by Crippen LogP contribution is 1.96. The fraction of sp³-hybridized carbons (Fsp3) is 0.909. The van der Waals surface area contributed by atoms with Crippen molar-refractivity contribution in [2.24, 2.45) is 10.7 Å². The Bertz CT molecular complexity index is 192. The minimum atomic E-state index is 0. The molecule has 0 aromatic rings. The summed E-state index contributed by atoms with van der Waals surface area (Å²) in [5.74, 6) is 0.546. The Morgan fingerprint density at radius 1 is 1.31 bits per heavy atom. The summed E-state index contributed by atoms with van der Waals surface area (Å²) < 4.78 is 0. The maximum atomic E-state index is 5.70. The van der Waals surface area contributed by atoms with Crippen molar-refractivity contribution in [2.45, 2.75) is 46.7 Å². The van der Waals surface area contributed by atoms with Crippen LogP contribution in [0.2, 0.25) is 0 Å². The van der Waals surface area contributed by atoms with Gasteiger partial charge in [0.25, 0.3) is 0 Å². The topological polar surface area (TPSA) is 53.6 Å². The Morgan fingerprint density at radius 3 is 2.25 bits per heavy atom. The molecular formula is C11H27IN4. The van der Waals surface area contributed by atoms with Gasteiger partial charge < -0.3 is 11.1 Å². The quantitative estimate of drug-likeness (QED) is 0.438. The number of likely N-dealkylation sites (N-methyl/N-ethyl adjacent to an activating group) is 1. The molecule has 4 nitrogen and oxygen atoms in total. The zero-order valence-electron chi connectivity index (χ0n) is 11.2. The molecule has 0 bridgehead atoms. The second-order valence-electron chi connectivity index (χ2n) is 4.29.